The van der Waals surface area contributed by atoms with Crippen molar-refractivity contribution in [3.8, 4) is 11.1 Å². The van der Waals surface area contributed by atoms with Crippen LogP contribution in [0.5, 0.6) is 0 Å². The number of halogens is 8. The first-order valence-electron chi connectivity index (χ1n) is 5.76. The molecule has 0 saturated heterocycles. The van der Waals surface area contributed by atoms with Gasteiger partial charge in [0.25, 0.3) is 6.43 Å². The van der Waals surface area contributed by atoms with Crippen molar-refractivity contribution in [2.45, 2.75) is 12.6 Å². The molecule has 0 heterocycles. The van der Waals surface area contributed by atoms with E-state index in [1.807, 2.05) is 0 Å². The second kappa shape index (κ2) is 6.22. The van der Waals surface area contributed by atoms with Gasteiger partial charge in [0.1, 0.15) is 0 Å². The molecular weight excluding hydrogens is 370 g/mol. The average Bonchev–Trinajstić information content (AvgIpc) is 2.41. The van der Waals surface area contributed by atoms with Crippen molar-refractivity contribution in [1.29, 1.82) is 0 Å². The maximum Gasteiger partial charge on any atom is 0.417 e. The number of benzene rings is 2. The summed E-state index contributed by atoms with van der Waals surface area (Å²) in [5.74, 6) is 0. The van der Waals surface area contributed by atoms with Crippen molar-refractivity contribution in [3.05, 3.63) is 56.5 Å². The van der Waals surface area contributed by atoms with E-state index in [9.17, 15) is 22.0 Å². The number of hydrogen-bond acceptors (Lipinski definition) is 0. The summed E-state index contributed by atoms with van der Waals surface area (Å²) < 4.78 is 65.7. The normalized spacial score (nSPS) is 12.0. The fraction of sp³-hybridized carbons (Fsp3) is 0.143. The molecule has 8 heteroatoms. The lowest BCUT2D eigenvalue weighted by Crippen LogP contribution is -2.09. The van der Waals surface area contributed by atoms with E-state index in [2.05, 4.69) is 0 Å². The van der Waals surface area contributed by atoms with Gasteiger partial charge in [0.05, 0.1) is 20.6 Å². The zero-order valence-electron chi connectivity index (χ0n) is 10.5. The molecule has 0 nitrogen and oxygen atoms in total. The van der Waals surface area contributed by atoms with E-state index in [0.29, 0.717) is 6.07 Å². The third kappa shape index (κ3) is 3.31. The number of rotatable bonds is 2. The summed E-state index contributed by atoms with van der Waals surface area (Å²) in [7, 11) is 0. The van der Waals surface area contributed by atoms with Gasteiger partial charge in [0, 0.05) is 16.7 Å². The van der Waals surface area contributed by atoms with Gasteiger partial charge in [-0.2, -0.15) is 13.2 Å². The molecule has 0 fully saturated rings. The Labute approximate surface area is 137 Å². The van der Waals surface area contributed by atoms with Gasteiger partial charge in [-0.05, 0) is 18.2 Å². The molecule has 2 aromatic carbocycles. The average molecular weight is 376 g/mol. The highest BCUT2D eigenvalue weighted by Crippen LogP contribution is 2.45. The first-order valence-corrected chi connectivity index (χ1v) is 6.89. The van der Waals surface area contributed by atoms with Crippen LogP contribution in [0.25, 0.3) is 11.1 Å². The highest BCUT2D eigenvalue weighted by atomic mass is 35.5. The van der Waals surface area contributed by atoms with Crippen LogP contribution in [0, 0.1) is 0 Å². The summed E-state index contributed by atoms with van der Waals surface area (Å²) in [6.07, 6.45) is -7.93. The topological polar surface area (TPSA) is 0 Å². The third-order valence-electron chi connectivity index (χ3n) is 2.92. The minimum Gasteiger partial charge on any atom is -0.205 e. The van der Waals surface area contributed by atoms with Crippen molar-refractivity contribution in [3.63, 3.8) is 0 Å². The highest BCUT2D eigenvalue weighted by Gasteiger charge is 2.36. The Morgan fingerprint density at radius 2 is 1.45 bits per heavy atom. The molecule has 0 aliphatic carbocycles. The summed E-state index contributed by atoms with van der Waals surface area (Å²) in [5.41, 5.74) is -2.95. The fourth-order valence-corrected chi connectivity index (χ4v) is 2.64. The standard InChI is InChI=1S/C14H6Cl3F5/c15-9-5-11(17)10(16)4-7(9)12-6(13(18)19)2-1-3-8(12)14(20,21)22/h1-5,13H. The SMILES string of the molecule is FC(F)c1cccc(C(F)(F)F)c1-c1cc(Cl)c(Cl)cc1Cl. The third-order valence-corrected chi connectivity index (χ3v) is 3.95. The van der Waals surface area contributed by atoms with E-state index < -0.39 is 29.3 Å². The van der Waals surface area contributed by atoms with E-state index >= 15 is 0 Å². The quantitative estimate of drug-likeness (QED) is 0.382. The summed E-state index contributed by atoms with van der Waals surface area (Å²) in [6.45, 7) is 0. The van der Waals surface area contributed by atoms with Crippen LogP contribution in [0.3, 0.4) is 0 Å². The van der Waals surface area contributed by atoms with Gasteiger partial charge in [-0.3, -0.25) is 0 Å². The molecular formula is C14H6Cl3F5. The molecule has 22 heavy (non-hydrogen) atoms. The van der Waals surface area contributed by atoms with E-state index in [0.717, 1.165) is 24.3 Å². The molecule has 2 aromatic rings. The number of alkyl halides is 5. The van der Waals surface area contributed by atoms with Gasteiger partial charge in [0.2, 0.25) is 0 Å². The Kier molecular flexibility index (Phi) is 4.90. The largest absolute Gasteiger partial charge is 0.417 e. The minimum atomic E-state index is -4.82. The lowest BCUT2D eigenvalue weighted by Gasteiger charge is -2.18. The molecule has 0 saturated carbocycles. The lowest BCUT2D eigenvalue weighted by atomic mass is 9.94. The zero-order chi connectivity index (χ0) is 16.7. The van der Waals surface area contributed by atoms with Gasteiger partial charge in [0.15, 0.2) is 0 Å². The first kappa shape index (κ1) is 17.3. The van der Waals surface area contributed by atoms with E-state index in [-0.39, 0.29) is 20.6 Å². The van der Waals surface area contributed by atoms with Gasteiger partial charge >= 0.3 is 6.18 Å². The molecule has 0 aliphatic heterocycles. The van der Waals surface area contributed by atoms with Crippen molar-refractivity contribution in [1.82, 2.24) is 0 Å². The predicted octanol–water partition coefficient (Wildman–Crippen LogP) is 7.27. The molecule has 0 bridgehead atoms. The van der Waals surface area contributed by atoms with E-state index in [4.69, 9.17) is 34.8 Å². The van der Waals surface area contributed by atoms with Crippen LogP contribution in [-0.2, 0) is 6.18 Å². The minimum absolute atomic E-state index is 0.0125. The molecule has 0 spiro atoms. The van der Waals surface area contributed by atoms with Crippen LogP contribution >= 0.6 is 34.8 Å². The lowest BCUT2D eigenvalue weighted by molar-refractivity contribution is -0.137. The van der Waals surface area contributed by atoms with E-state index in [1.165, 1.54) is 0 Å². The molecule has 0 aliphatic rings. The van der Waals surface area contributed by atoms with Gasteiger partial charge < -0.3 is 0 Å². The molecule has 2 rings (SSSR count). The number of hydrogen-bond donors (Lipinski definition) is 0. The monoisotopic (exact) mass is 374 g/mol. The molecule has 0 atom stereocenters. The van der Waals surface area contributed by atoms with Crippen LogP contribution in [0.15, 0.2) is 30.3 Å². The summed E-state index contributed by atoms with van der Waals surface area (Å²) >= 11 is 17.4. The summed E-state index contributed by atoms with van der Waals surface area (Å²) in [6, 6.07) is 4.69. The van der Waals surface area contributed by atoms with Crippen LogP contribution < -0.4 is 0 Å². The molecule has 0 unspecified atom stereocenters. The van der Waals surface area contributed by atoms with Crippen LogP contribution in [0.2, 0.25) is 15.1 Å². The van der Waals surface area contributed by atoms with Gasteiger partial charge in [-0.25, -0.2) is 8.78 Å². The Morgan fingerprint density at radius 3 is 2.00 bits per heavy atom. The second-order valence-corrected chi connectivity index (χ2v) is 5.54. The smallest absolute Gasteiger partial charge is 0.205 e. The van der Waals surface area contributed by atoms with Gasteiger partial charge in [-0.1, -0.05) is 46.9 Å². The van der Waals surface area contributed by atoms with Crippen molar-refractivity contribution >= 4 is 34.8 Å². The molecule has 118 valence electrons. The van der Waals surface area contributed by atoms with Crippen molar-refractivity contribution in [2.24, 2.45) is 0 Å². The fourth-order valence-electron chi connectivity index (χ4n) is 2.00. The summed E-state index contributed by atoms with van der Waals surface area (Å²) in [5, 5.41) is -0.273. The van der Waals surface area contributed by atoms with Crippen LogP contribution in [0.4, 0.5) is 22.0 Å². The molecule has 0 aromatic heterocycles. The van der Waals surface area contributed by atoms with Crippen molar-refractivity contribution < 1.29 is 22.0 Å². The molecule has 0 amide bonds. The second-order valence-electron chi connectivity index (χ2n) is 4.31. The van der Waals surface area contributed by atoms with Crippen LogP contribution in [0.1, 0.15) is 17.6 Å². The van der Waals surface area contributed by atoms with E-state index in [1.54, 1.807) is 0 Å². The Bertz CT molecular complexity index is 710. The Balaban J connectivity index is 2.86. The van der Waals surface area contributed by atoms with Crippen molar-refractivity contribution in [2.75, 3.05) is 0 Å². The summed E-state index contributed by atoms with van der Waals surface area (Å²) in [4.78, 5) is 0. The molecule has 0 N–H and O–H groups in total. The zero-order valence-corrected chi connectivity index (χ0v) is 12.8. The maximum atomic E-state index is 13.1. The van der Waals surface area contributed by atoms with Crippen LogP contribution in [-0.4, -0.2) is 0 Å². The molecule has 0 radical (unpaired) electrons. The first-order chi connectivity index (χ1) is 10.1. The van der Waals surface area contributed by atoms with Gasteiger partial charge in [-0.15, -0.1) is 0 Å². The Morgan fingerprint density at radius 1 is 0.864 bits per heavy atom. The Hall–Kier alpha value is -1.04. The maximum absolute atomic E-state index is 13.1. The highest BCUT2D eigenvalue weighted by molar-refractivity contribution is 6.44. The predicted molar refractivity (Wildman–Crippen MR) is 76.9 cm³/mol.